The first-order chi connectivity index (χ1) is 6.85. The second-order valence-corrected chi connectivity index (χ2v) is 5.53. The third-order valence-corrected chi connectivity index (χ3v) is 2.34. The molecular weight excluding hydrogens is 258 g/mol. The predicted molar refractivity (Wildman–Crippen MR) is 66.5 cm³/mol. The predicted octanol–water partition coefficient (Wildman–Crippen LogP) is 3.46. The van der Waals surface area contributed by atoms with E-state index in [-0.39, 0.29) is 12.1 Å². The maximum Gasteiger partial charge on any atom is 0.407 e. The molecule has 0 spiro atoms. The average Bonchev–Trinajstić information content (AvgIpc) is 2.00. The minimum Gasteiger partial charge on any atom is -0.444 e. The van der Waals surface area contributed by atoms with E-state index < -0.39 is 5.60 Å². The van der Waals surface area contributed by atoms with Crippen LogP contribution in [0.2, 0.25) is 0 Å². The van der Waals surface area contributed by atoms with Gasteiger partial charge >= 0.3 is 6.09 Å². The number of hydrogen-bond acceptors (Lipinski definition) is 2. The number of alkyl carbamates (subject to hydrolysis) is 1. The Labute approximate surface area is 101 Å². The summed E-state index contributed by atoms with van der Waals surface area (Å²) in [5.74, 6) is 0. The van der Waals surface area contributed by atoms with Crippen molar-refractivity contribution in [2.75, 3.05) is 5.33 Å². The van der Waals surface area contributed by atoms with E-state index in [9.17, 15) is 4.79 Å². The van der Waals surface area contributed by atoms with Gasteiger partial charge in [-0.3, -0.25) is 0 Å². The van der Waals surface area contributed by atoms with Crippen molar-refractivity contribution in [1.82, 2.24) is 5.32 Å². The van der Waals surface area contributed by atoms with Crippen molar-refractivity contribution in [3.63, 3.8) is 0 Å². The second-order valence-electron chi connectivity index (χ2n) is 4.73. The number of rotatable bonds is 5. The summed E-state index contributed by atoms with van der Waals surface area (Å²) in [5.41, 5.74) is -0.417. The number of nitrogens with one attached hydrogen (secondary N) is 1. The number of unbranched alkanes of at least 4 members (excludes halogenated alkanes) is 1. The molecule has 0 aromatic carbocycles. The van der Waals surface area contributed by atoms with Crippen LogP contribution in [-0.4, -0.2) is 23.1 Å². The normalized spacial score (nSPS) is 13.4. The molecule has 4 heteroatoms. The zero-order chi connectivity index (χ0) is 11.9. The van der Waals surface area contributed by atoms with Gasteiger partial charge in [-0.2, -0.15) is 0 Å². The molecule has 0 fully saturated rings. The van der Waals surface area contributed by atoms with Gasteiger partial charge in [0.25, 0.3) is 0 Å². The maximum absolute atomic E-state index is 11.4. The van der Waals surface area contributed by atoms with E-state index in [0.717, 1.165) is 24.6 Å². The lowest BCUT2D eigenvalue weighted by Gasteiger charge is -2.21. The number of carbonyl (C=O) groups is 1. The van der Waals surface area contributed by atoms with E-state index in [1.807, 2.05) is 27.7 Å². The van der Waals surface area contributed by atoms with E-state index in [1.165, 1.54) is 0 Å². The van der Waals surface area contributed by atoms with Crippen LogP contribution in [0.5, 0.6) is 0 Å². The van der Waals surface area contributed by atoms with Gasteiger partial charge in [-0.1, -0.05) is 22.4 Å². The minimum atomic E-state index is -0.417. The molecule has 0 aliphatic rings. The fourth-order valence-electron chi connectivity index (χ4n) is 1.13. The van der Waals surface area contributed by atoms with E-state index in [1.54, 1.807) is 0 Å². The number of ether oxygens (including phenoxy) is 1. The molecule has 1 N–H and O–H groups in total. The fraction of sp³-hybridized carbons (Fsp3) is 0.909. The molecule has 0 rings (SSSR count). The van der Waals surface area contributed by atoms with Crippen LogP contribution >= 0.6 is 15.9 Å². The third kappa shape index (κ3) is 10.0. The molecule has 1 amide bonds. The van der Waals surface area contributed by atoms with Gasteiger partial charge in [-0.15, -0.1) is 0 Å². The molecule has 0 saturated carbocycles. The summed E-state index contributed by atoms with van der Waals surface area (Å²) in [5, 5.41) is 3.84. The highest BCUT2D eigenvalue weighted by Gasteiger charge is 2.17. The van der Waals surface area contributed by atoms with Gasteiger partial charge in [0.15, 0.2) is 0 Å². The summed E-state index contributed by atoms with van der Waals surface area (Å²) < 4.78 is 5.16. The lowest BCUT2D eigenvalue weighted by atomic mass is 10.1. The molecule has 0 radical (unpaired) electrons. The Balaban J connectivity index is 3.67. The number of halogens is 1. The van der Waals surface area contributed by atoms with Crippen molar-refractivity contribution in [2.24, 2.45) is 0 Å². The fourth-order valence-corrected chi connectivity index (χ4v) is 1.52. The maximum atomic E-state index is 11.4. The van der Waals surface area contributed by atoms with E-state index in [2.05, 4.69) is 21.2 Å². The zero-order valence-electron chi connectivity index (χ0n) is 10.1. The highest BCUT2D eigenvalue weighted by molar-refractivity contribution is 9.09. The zero-order valence-corrected chi connectivity index (χ0v) is 11.7. The smallest absolute Gasteiger partial charge is 0.407 e. The summed E-state index contributed by atoms with van der Waals surface area (Å²) in [4.78, 5) is 11.4. The van der Waals surface area contributed by atoms with Crippen molar-refractivity contribution in [3.05, 3.63) is 0 Å². The van der Waals surface area contributed by atoms with Gasteiger partial charge < -0.3 is 10.1 Å². The molecule has 0 bridgehead atoms. The lowest BCUT2D eigenvalue weighted by molar-refractivity contribution is 0.0506. The van der Waals surface area contributed by atoms with Gasteiger partial charge in [-0.05, 0) is 40.5 Å². The van der Waals surface area contributed by atoms with Crippen LogP contribution in [-0.2, 0) is 4.74 Å². The molecule has 0 aromatic rings. The topological polar surface area (TPSA) is 38.3 Å². The summed E-state index contributed by atoms with van der Waals surface area (Å²) in [6.07, 6.45) is 2.92. The second kappa shape index (κ2) is 7.09. The number of hydrogen-bond donors (Lipinski definition) is 1. The summed E-state index contributed by atoms with van der Waals surface area (Å²) in [6.45, 7) is 7.59. The molecule has 0 aliphatic carbocycles. The van der Waals surface area contributed by atoms with Gasteiger partial charge in [0, 0.05) is 11.4 Å². The molecule has 3 nitrogen and oxygen atoms in total. The third-order valence-electron chi connectivity index (χ3n) is 1.78. The highest BCUT2D eigenvalue weighted by Crippen LogP contribution is 2.08. The molecule has 0 aromatic heterocycles. The van der Waals surface area contributed by atoms with Gasteiger partial charge in [-0.25, -0.2) is 4.79 Å². The van der Waals surface area contributed by atoms with Crippen molar-refractivity contribution in [3.8, 4) is 0 Å². The molecule has 0 saturated heterocycles. The van der Waals surface area contributed by atoms with Crippen LogP contribution in [0.4, 0.5) is 4.79 Å². The van der Waals surface area contributed by atoms with Crippen LogP contribution in [0.3, 0.4) is 0 Å². The Morgan fingerprint density at radius 3 is 2.47 bits per heavy atom. The van der Waals surface area contributed by atoms with Crippen LogP contribution in [0, 0.1) is 0 Å². The average molecular weight is 280 g/mol. The number of amides is 1. The van der Waals surface area contributed by atoms with E-state index in [4.69, 9.17) is 4.74 Å². The van der Waals surface area contributed by atoms with Crippen LogP contribution in [0.1, 0.15) is 47.0 Å². The number of alkyl halides is 1. The van der Waals surface area contributed by atoms with Crippen LogP contribution in [0.25, 0.3) is 0 Å². The standard InChI is InChI=1S/C11H22BrNO2/c1-9(7-5-6-8-12)13-10(14)15-11(2,3)4/h9H,5-8H2,1-4H3,(H,13,14). The summed E-state index contributed by atoms with van der Waals surface area (Å²) in [7, 11) is 0. The monoisotopic (exact) mass is 279 g/mol. The van der Waals surface area contributed by atoms with Gasteiger partial charge in [0.1, 0.15) is 5.60 Å². The minimum absolute atomic E-state index is 0.180. The first-order valence-electron chi connectivity index (χ1n) is 5.40. The molecule has 90 valence electrons. The van der Waals surface area contributed by atoms with E-state index in [0.29, 0.717) is 0 Å². The van der Waals surface area contributed by atoms with Crippen LogP contribution in [0.15, 0.2) is 0 Å². The quantitative estimate of drug-likeness (QED) is 0.618. The Bertz CT molecular complexity index is 190. The molecule has 0 aliphatic heterocycles. The van der Waals surface area contributed by atoms with Crippen molar-refractivity contribution in [1.29, 1.82) is 0 Å². The first kappa shape index (κ1) is 14.8. The van der Waals surface area contributed by atoms with Crippen molar-refractivity contribution < 1.29 is 9.53 Å². The van der Waals surface area contributed by atoms with Crippen LogP contribution < -0.4 is 5.32 Å². The Morgan fingerprint density at radius 2 is 2.00 bits per heavy atom. The van der Waals surface area contributed by atoms with E-state index >= 15 is 0 Å². The Morgan fingerprint density at radius 1 is 1.40 bits per heavy atom. The first-order valence-corrected chi connectivity index (χ1v) is 6.53. The number of carbonyl (C=O) groups excluding carboxylic acids is 1. The van der Waals surface area contributed by atoms with Gasteiger partial charge in [0.2, 0.25) is 0 Å². The molecule has 15 heavy (non-hydrogen) atoms. The Kier molecular flexibility index (Phi) is 6.98. The summed E-state index contributed by atoms with van der Waals surface area (Å²) >= 11 is 3.38. The Hall–Kier alpha value is -0.250. The van der Waals surface area contributed by atoms with Gasteiger partial charge in [0.05, 0.1) is 0 Å². The summed E-state index contributed by atoms with van der Waals surface area (Å²) in [6, 6.07) is 0.180. The molecule has 0 heterocycles. The molecular formula is C11H22BrNO2. The SMILES string of the molecule is CC(CCCCBr)NC(=O)OC(C)(C)C. The molecule has 1 unspecified atom stereocenters. The van der Waals surface area contributed by atoms with Crippen molar-refractivity contribution >= 4 is 22.0 Å². The largest absolute Gasteiger partial charge is 0.444 e. The van der Waals surface area contributed by atoms with Crippen molar-refractivity contribution in [2.45, 2.75) is 58.6 Å². The lowest BCUT2D eigenvalue weighted by Crippen LogP contribution is -2.37. The highest BCUT2D eigenvalue weighted by atomic mass is 79.9. The molecule has 1 atom stereocenters.